The maximum Gasteiger partial charge on any atom is 0.340 e. The van der Waals surface area contributed by atoms with E-state index in [1.54, 1.807) is 0 Å². The van der Waals surface area contributed by atoms with E-state index in [4.69, 9.17) is 9.15 Å². The number of rotatable bonds is 5. The van der Waals surface area contributed by atoms with Gasteiger partial charge in [0.2, 0.25) is 0 Å². The summed E-state index contributed by atoms with van der Waals surface area (Å²) in [5.74, 6) is 1.18. The lowest BCUT2D eigenvalue weighted by molar-refractivity contribution is 0.0909. The third kappa shape index (κ3) is 3.94. The topological polar surface area (TPSA) is 42.7 Å². The predicted molar refractivity (Wildman–Crippen MR) is 127 cm³/mol. The van der Waals surface area contributed by atoms with Gasteiger partial charge in [0, 0.05) is 30.5 Å². The van der Waals surface area contributed by atoms with E-state index in [2.05, 4.69) is 36.1 Å². The van der Waals surface area contributed by atoms with Gasteiger partial charge in [-0.15, -0.1) is 0 Å². The zero-order valence-corrected chi connectivity index (χ0v) is 18.5. The predicted octanol–water partition coefficient (Wildman–Crippen LogP) is 5.65. The zero-order valence-electron chi connectivity index (χ0n) is 18.5. The molecule has 0 aliphatic carbocycles. The van der Waals surface area contributed by atoms with Crippen molar-refractivity contribution in [2.45, 2.75) is 32.7 Å². The van der Waals surface area contributed by atoms with Gasteiger partial charge in [-0.2, -0.15) is 0 Å². The van der Waals surface area contributed by atoms with Gasteiger partial charge in [-0.05, 0) is 41.7 Å². The van der Waals surface area contributed by atoms with E-state index in [-0.39, 0.29) is 5.63 Å². The van der Waals surface area contributed by atoms with Gasteiger partial charge in [-0.25, -0.2) is 4.79 Å². The van der Waals surface area contributed by atoms with Crippen molar-refractivity contribution in [3.63, 3.8) is 0 Å². The highest BCUT2D eigenvalue weighted by atomic mass is 16.5. The summed E-state index contributed by atoms with van der Waals surface area (Å²) in [6.07, 6.45) is 0.569. The number of benzene rings is 3. The summed E-state index contributed by atoms with van der Waals surface area (Å²) in [6, 6.07) is 24.6. The Bertz CT molecular complexity index is 1300. The summed E-state index contributed by atoms with van der Waals surface area (Å²) in [5, 5.41) is 0.982. The highest BCUT2D eigenvalue weighted by Gasteiger charge is 2.24. The van der Waals surface area contributed by atoms with Crippen molar-refractivity contribution in [2.24, 2.45) is 0 Å². The summed E-state index contributed by atoms with van der Waals surface area (Å²) in [6.45, 7) is 6.35. The van der Waals surface area contributed by atoms with Gasteiger partial charge < -0.3 is 9.15 Å². The Labute approximate surface area is 188 Å². The lowest BCUT2D eigenvalue weighted by atomic mass is 9.97. The zero-order chi connectivity index (χ0) is 22.1. The van der Waals surface area contributed by atoms with Crippen LogP contribution in [0.15, 0.2) is 82.0 Å². The molecule has 162 valence electrons. The summed E-state index contributed by atoms with van der Waals surface area (Å²) in [7, 11) is 0. The average molecular weight is 426 g/mol. The van der Waals surface area contributed by atoms with E-state index in [0.717, 1.165) is 39.9 Å². The monoisotopic (exact) mass is 425 g/mol. The van der Waals surface area contributed by atoms with Crippen LogP contribution in [0.25, 0.3) is 11.0 Å². The molecule has 0 fully saturated rings. The van der Waals surface area contributed by atoms with Gasteiger partial charge in [-0.3, -0.25) is 4.90 Å². The molecule has 1 atom stereocenters. The maximum atomic E-state index is 13.0. The van der Waals surface area contributed by atoms with Crippen LogP contribution in [0.5, 0.6) is 5.75 Å². The van der Waals surface area contributed by atoms with E-state index in [0.29, 0.717) is 31.2 Å². The molecular weight excluding hydrogens is 398 g/mol. The van der Waals surface area contributed by atoms with Crippen LogP contribution in [0, 0.1) is 6.92 Å². The molecule has 1 aromatic heterocycles. The molecule has 5 rings (SSSR count). The van der Waals surface area contributed by atoms with Crippen LogP contribution >= 0.6 is 0 Å². The van der Waals surface area contributed by atoms with E-state index in [1.165, 1.54) is 5.56 Å². The normalized spacial score (nSPS) is 14.7. The molecule has 3 aromatic carbocycles. The van der Waals surface area contributed by atoms with E-state index >= 15 is 0 Å². The molecule has 0 saturated heterocycles. The Kier molecular flexibility index (Phi) is 5.54. The smallest absolute Gasteiger partial charge is 0.340 e. The maximum absolute atomic E-state index is 13.0. The van der Waals surface area contributed by atoms with Gasteiger partial charge in [-0.1, -0.05) is 67.6 Å². The summed E-state index contributed by atoms with van der Waals surface area (Å²) >= 11 is 0. The molecule has 4 nitrogen and oxygen atoms in total. The Morgan fingerprint density at radius 3 is 2.44 bits per heavy atom. The first-order chi connectivity index (χ1) is 15.6. The molecular formula is C28H27NO3. The molecule has 1 aliphatic heterocycles. The lowest BCUT2D eigenvalue weighted by Gasteiger charge is -2.31. The van der Waals surface area contributed by atoms with Crippen molar-refractivity contribution < 1.29 is 9.15 Å². The van der Waals surface area contributed by atoms with Crippen molar-refractivity contribution in [1.82, 2.24) is 4.90 Å². The summed E-state index contributed by atoms with van der Waals surface area (Å²) in [4.78, 5) is 15.2. The van der Waals surface area contributed by atoms with Crippen LogP contribution in [-0.4, -0.2) is 18.2 Å². The van der Waals surface area contributed by atoms with Crippen LogP contribution in [-0.2, 0) is 13.0 Å². The molecule has 0 spiro atoms. The van der Waals surface area contributed by atoms with Crippen LogP contribution in [0.4, 0.5) is 0 Å². The molecule has 4 heteroatoms. The van der Waals surface area contributed by atoms with E-state index in [1.807, 2.05) is 55.5 Å². The molecule has 0 unspecified atom stereocenters. The first-order valence-corrected chi connectivity index (χ1v) is 11.1. The van der Waals surface area contributed by atoms with Crippen molar-refractivity contribution >= 4 is 11.0 Å². The summed E-state index contributed by atoms with van der Waals surface area (Å²) < 4.78 is 12.0. The molecule has 1 aliphatic rings. The van der Waals surface area contributed by atoms with Crippen molar-refractivity contribution in [2.75, 3.05) is 13.3 Å². The third-order valence-corrected chi connectivity index (χ3v) is 6.42. The number of hydrogen-bond acceptors (Lipinski definition) is 4. The highest BCUT2D eigenvalue weighted by Crippen LogP contribution is 2.34. The van der Waals surface area contributed by atoms with E-state index < -0.39 is 0 Å². The molecule has 0 amide bonds. The first-order valence-electron chi connectivity index (χ1n) is 11.1. The van der Waals surface area contributed by atoms with Gasteiger partial charge in [0.1, 0.15) is 18.1 Å². The second-order valence-electron chi connectivity index (χ2n) is 8.67. The summed E-state index contributed by atoms with van der Waals surface area (Å²) in [5.41, 5.74) is 5.46. The van der Waals surface area contributed by atoms with Gasteiger partial charge in [0.25, 0.3) is 0 Å². The third-order valence-electron chi connectivity index (χ3n) is 6.42. The quantitative estimate of drug-likeness (QED) is 0.388. The number of nitrogens with zero attached hydrogens (tertiary/aromatic N) is 1. The van der Waals surface area contributed by atoms with E-state index in [9.17, 15) is 4.79 Å². The van der Waals surface area contributed by atoms with Crippen LogP contribution in [0.2, 0.25) is 0 Å². The second-order valence-corrected chi connectivity index (χ2v) is 8.67. The average Bonchev–Trinajstić information content (AvgIpc) is 2.83. The number of aryl methyl sites for hydroxylation is 1. The first kappa shape index (κ1) is 20.5. The Morgan fingerprint density at radius 1 is 0.969 bits per heavy atom. The molecule has 4 aromatic rings. The van der Waals surface area contributed by atoms with Crippen molar-refractivity contribution in [3.05, 3.63) is 111 Å². The molecule has 32 heavy (non-hydrogen) atoms. The van der Waals surface area contributed by atoms with Gasteiger partial charge in [0.15, 0.2) is 0 Å². The second kappa shape index (κ2) is 8.64. The Hall–Kier alpha value is -3.37. The van der Waals surface area contributed by atoms with Crippen molar-refractivity contribution in [3.8, 4) is 5.75 Å². The fraction of sp³-hybridized carbons (Fsp3) is 0.250. The highest BCUT2D eigenvalue weighted by molar-refractivity contribution is 5.86. The van der Waals surface area contributed by atoms with Crippen molar-refractivity contribution in [1.29, 1.82) is 0 Å². The molecule has 0 saturated carbocycles. The van der Waals surface area contributed by atoms with Crippen LogP contribution in [0.1, 0.15) is 40.7 Å². The minimum Gasteiger partial charge on any atom is -0.478 e. The standard InChI is InChI=1S/C28H27NO3/c1-19(22-11-7-4-8-12-22)16-29-17-25-26(31-18-29)14-13-23-20(2)24(28(30)32-27(23)25)15-21-9-5-3-6-10-21/h3-14,19H,15-18H2,1-2H3/t19-/m0/s1. The fourth-order valence-corrected chi connectivity index (χ4v) is 4.60. The van der Waals surface area contributed by atoms with Gasteiger partial charge >= 0.3 is 5.63 Å². The fourth-order valence-electron chi connectivity index (χ4n) is 4.60. The minimum absolute atomic E-state index is 0.262. The number of ether oxygens (including phenoxy) is 1. The lowest BCUT2D eigenvalue weighted by Crippen LogP contribution is -2.35. The molecule has 0 bridgehead atoms. The molecule has 0 N–H and O–H groups in total. The molecule has 2 heterocycles. The Balaban J connectivity index is 1.46. The molecule has 0 radical (unpaired) electrons. The number of fused-ring (bicyclic) bond motifs is 3. The largest absolute Gasteiger partial charge is 0.478 e. The Morgan fingerprint density at radius 2 is 1.69 bits per heavy atom. The number of hydrogen-bond donors (Lipinski definition) is 0. The van der Waals surface area contributed by atoms with Gasteiger partial charge in [0.05, 0.1) is 5.56 Å². The van der Waals surface area contributed by atoms with Crippen LogP contribution in [0.3, 0.4) is 0 Å². The minimum atomic E-state index is -0.262. The van der Waals surface area contributed by atoms with Crippen LogP contribution < -0.4 is 10.4 Å². The SMILES string of the molecule is Cc1c(Cc2ccccc2)c(=O)oc2c3c(ccc12)OCN(C[C@H](C)c1ccccc1)C3.